The Morgan fingerprint density at radius 2 is 1.65 bits per heavy atom. The largest absolute Gasteiger partial charge is 0.341 e. The molecule has 1 aromatic carbocycles. The summed E-state index contributed by atoms with van der Waals surface area (Å²) in [7, 11) is 1.55. The summed E-state index contributed by atoms with van der Waals surface area (Å²) in [6.45, 7) is 0. The molecule has 92 valence electrons. The first kappa shape index (κ1) is 13.4. The minimum absolute atomic E-state index is 0.0375. The van der Waals surface area contributed by atoms with Crippen molar-refractivity contribution >= 4 is 35.1 Å². The average Bonchev–Trinajstić information content (AvgIpc) is 2.32. The predicted molar refractivity (Wildman–Crippen MR) is 71.5 cm³/mol. The number of thioether (sulfide) groups is 1. The lowest BCUT2D eigenvalue weighted by atomic mass is 10.3. The Bertz CT molecular complexity index is 392. The highest BCUT2D eigenvalue weighted by atomic mass is 32.2. The Kier molecular flexibility index (Phi) is 5.35. The first-order chi connectivity index (χ1) is 8.15. The van der Waals surface area contributed by atoms with Crippen molar-refractivity contribution in [1.82, 2.24) is 5.32 Å². The molecule has 17 heavy (non-hydrogen) atoms. The monoisotopic (exact) mass is 253 g/mol. The Labute approximate surface area is 104 Å². The van der Waals surface area contributed by atoms with Crippen LogP contribution < -0.4 is 16.0 Å². The summed E-state index contributed by atoms with van der Waals surface area (Å²) >= 11 is 1.47. The zero-order valence-electron chi connectivity index (χ0n) is 9.74. The molecule has 0 aliphatic heterocycles. The topological polar surface area (TPSA) is 70.2 Å². The summed E-state index contributed by atoms with van der Waals surface area (Å²) in [6, 6.07) is 6.66. The normalized spacial score (nSPS) is 9.53. The fourth-order valence-corrected chi connectivity index (χ4v) is 1.49. The lowest BCUT2D eigenvalue weighted by molar-refractivity contribution is -0.113. The van der Waals surface area contributed by atoms with E-state index in [1.807, 2.05) is 6.26 Å². The van der Waals surface area contributed by atoms with Crippen molar-refractivity contribution in [2.45, 2.75) is 0 Å². The lowest BCUT2D eigenvalue weighted by Crippen LogP contribution is -2.24. The van der Waals surface area contributed by atoms with E-state index in [-0.39, 0.29) is 11.9 Å². The molecule has 0 bridgehead atoms. The summed E-state index contributed by atoms with van der Waals surface area (Å²) < 4.78 is 0. The zero-order chi connectivity index (χ0) is 12.7. The molecular formula is C11H15N3O2S. The van der Waals surface area contributed by atoms with Crippen molar-refractivity contribution in [3.63, 3.8) is 0 Å². The van der Waals surface area contributed by atoms with Gasteiger partial charge in [-0.25, -0.2) is 4.79 Å². The molecule has 3 N–H and O–H groups in total. The van der Waals surface area contributed by atoms with Gasteiger partial charge in [-0.05, 0) is 30.5 Å². The highest BCUT2D eigenvalue weighted by molar-refractivity contribution is 7.99. The van der Waals surface area contributed by atoms with Crippen LogP contribution in [0.25, 0.3) is 0 Å². The van der Waals surface area contributed by atoms with Crippen molar-refractivity contribution in [1.29, 1.82) is 0 Å². The summed E-state index contributed by atoms with van der Waals surface area (Å²) in [4.78, 5) is 22.3. The predicted octanol–water partition coefficient (Wildman–Crippen LogP) is 1.74. The van der Waals surface area contributed by atoms with Crippen LogP contribution in [0, 0.1) is 0 Å². The number of hydrogen-bond donors (Lipinski definition) is 3. The van der Waals surface area contributed by atoms with Gasteiger partial charge in [-0.15, -0.1) is 0 Å². The second kappa shape index (κ2) is 6.80. The number of nitrogens with one attached hydrogen (secondary N) is 3. The van der Waals surface area contributed by atoms with E-state index in [2.05, 4.69) is 16.0 Å². The molecule has 0 aliphatic rings. The van der Waals surface area contributed by atoms with E-state index < -0.39 is 0 Å². The second-order valence-corrected chi connectivity index (χ2v) is 4.13. The number of carbonyl (C=O) groups excluding carboxylic acids is 2. The maximum Gasteiger partial charge on any atom is 0.318 e. The van der Waals surface area contributed by atoms with E-state index in [9.17, 15) is 9.59 Å². The van der Waals surface area contributed by atoms with Crippen LogP contribution in [-0.4, -0.2) is 31.0 Å². The van der Waals surface area contributed by atoms with Crippen molar-refractivity contribution in [2.75, 3.05) is 29.7 Å². The molecule has 5 nitrogen and oxygen atoms in total. The van der Waals surface area contributed by atoms with Crippen molar-refractivity contribution < 1.29 is 9.59 Å². The molecule has 1 aromatic rings. The fraction of sp³-hybridized carbons (Fsp3) is 0.273. The summed E-state index contributed by atoms with van der Waals surface area (Å²) in [5.74, 6) is 0.391. The van der Waals surface area contributed by atoms with Gasteiger partial charge in [-0.3, -0.25) is 4.79 Å². The molecule has 0 saturated heterocycles. The van der Waals surface area contributed by atoms with Crippen LogP contribution in [0.2, 0.25) is 0 Å². The molecule has 0 unspecified atom stereocenters. The van der Waals surface area contributed by atoms with E-state index in [0.717, 1.165) is 0 Å². The Morgan fingerprint density at radius 3 is 2.12 bits per heavy atom. The van der Waals surface area contributed by atoms with Crippen LogP contribution in [0.4, 0.5) is 16.2 Å². The van der Waals surface area contributed by atoms with Gasteiger partial charge in [0, 0.05) is 18.4 Å². The Morgan fingerprint density at radius 1 is 1.12 bits per heavy atom. The van der Waals surface area contributed by atoms with Crippen molar-refractivity contribution in [3.8, 4) is 0 Å². The van der Waals surface area contributed by atoms with E-state index >= 15 is 0 Å². The third kappa shape index (κ3) is 4.78. The van der Waals surface area contributed by atoms with Gasteiger partial charge in [0.25, 0.3) is 0 Å². The molecule has 0 fully saturated rings. The van der Waals surface area contributed by atoms with Crippen LogP contribution in [0.3, 0.4) is 0 Å². The number of urea groups is 1. The maximum absolute atomic E-state index is 11.3. The quantitative estimate of drug-likeness (QED) is 0.765. The molecule has 1 rings (SSSR count). The van der Waals surface area contributed by atoms with Crippen molar-refractivity contribution in [3.05, 3.63) is 24.3 Å². The highest BCUT2D eigenvalue weighted by Crippen LogP contribution is 2.13. The third-order valence-electron chi connectivity index (χ3n) is 1.93. The number of anilines is 2. The van der Waals surface area contributed by atoms with Gasteiger partial charge in [-0.2, -0.15) is 11.8 Å². The van der Waals surface area contributed by atoms with E-state index in [0.29, 0.717) is 17.1 Å². The number of rotatable bonds is 4. The smallest absolute Gasteiger partial charge is 0.318 e. The van der Waals surface area contributed by atoms with Crippen LogP contribution >= 0.6 is 11.8 Å². The molecule has 3 amide bonds. The Balaban J connectivity index is 2.55. The van der Waals surface area contributed by atoms with Gasteiger partial charge in [0.1, 0.15) is 0 Å². The third-order valence-corrected chi connectivity index (χ3v) is 2.48. The van der Waals surface area contributed by atoms with Gasteiger partial charge in [0.05, 0.1) is 5.75 Å². The van der Waals surface area contributed by atoms with E-state index in [4.69, 9.17) is 0 Å². The number of benzene rings is 1. The number of hydrogen-bond acceptors (Lipinski definition) is 3. The van der Waals surface area contributed by atoms with E-state index in [1.165, 1.54) is 11.8 Å². The molecule has 6 heteroatoms. The minimum Gasteiger partial charge on any atom is -0.341 e. The van der Waals surface area contributed by atoms with Crippen LogP contribution in [0.1, 0.15) is 0 Å². The summed E-state index contributed by atoms with van der Waals surface area (Å²) in [5, 5.41) is 7.83. The summed E-state index contributed by atoms with van der Waals surface area (Å²) in [5.41, 5.74) is 1.39. The van der Waals surface area contributed by atoms with Crippen molar-refractivity contribution in [2.24, 2.45) is 0 Å². The summed E-state index contributed by atoms with van der Waals surface area (Å²) in [6.07, 6.45) is 1.87. The standard InChI is InChI=1S/C11H15N3O2S/c1-12-11(16)14-9-5-3-8(4-6-9)13-10(15)7-17-2/h3-6H,7H2,1-2H3,(H,13,15)(H2,12,14,16). The lowest BCUT2D eigenvalue weighted by Gasteiger charge is -2.07. The van der Waals surface area contributed by atoms with Gasteiger partial charge in [0.15, 0.2) is 0 Å². The molecule has 0 saturated carbocycles. The maximum atomic E-state index is 11.3. The van der Waals surface area contributed by atoms with Gasteiger partial charge < -0.3 is 16.0 Å². The zero-order valence-corrected chi connectivity index (χ0v) is 10.6. The van der Waals surface area contributed by atoms with Crippen LogP contribution in [-0.2, 0) is 4.79 Å². The molecule has 0 radical (unpaired) electrons. The van der Waals surface area contributed by atoms with Gasteiger partial charge >= 0.3 is 6.03 Å². The molecule has 0 atom stereocenters. The van der Waals surface area contributed by atoms with E-state index in [1.54, 1.807) is 31.3 Å². The molecule has 0 aliphatic carbocycles. The van der Waals surface area contributed by atoms with Gasteiger partial charge in [0.2, 0.25) is 5.91 Å². The molecule has 0 heterocycles. The second-order valence-electron chi connectivity index (χ2n) is 3.26. The number of carbonyl (C=O) groups is 2. The average molecular weight is 253 g/mol. The van der Waals surface area contributed by atoms with Crippen LogP contribution in [0.15, 0.2) is 24.3 Å². The highest BCUT2D eigenvalue weighted by Gasteiger charge is 2.02. The molecular weight excluding hydrogens is 238 g/mol. The fourth-order valence-electron chi connectivity index (χ4n) is 1.16. The molecule has 0 aromatic heterocycles. The Hall–Kier alpha value is -1.69. The SMILES string of the molecule is CNC(=O)Nc1ccc(NC(=O)CSC)cc1. The molecule has 0 spiro atoms. The first-order valence-corrected chi connectivity index (χ1v) is 6.42. The minimum atomic E-state index is -0.274. The first-order valence-electron chi connectivity index (χ1n) is 5.03. The number of amides is 3. The van der Waals surface area contributed by atoms with Gasteiger partial charge in [-0.1, -0.05) is 0 Å². The van der Waals surface area contributed by atoms with Crippen LogP contribution in [0.5, 0.6) is 0 Å².